The number of ether oxygens (including phenoxy) is 2. The van der Waals surface area contributed by atoms with Crippen molar-refractivity contribution < 1.29 is 14.3 Å². The summed E-state index contributed by atoms with van der Waals surface area (Å²) in [6.45, 7) is 9.73. The molecule has 6 nitrogen and oxygen atoms in total. The maximum Gasteiger partial charge on any atom is 0.407 e. The number of nitrogens with one attached hydrogen (secondary N) is 1. The first-order valence-electron chi connectivity index (χ1n) is 7.36. The van der Waals surface area contributed by atoms with E-state index in [1.807, 2.05) is 33.3 Å². The second-order valence-corrected chi connectivity index (χ2v) is 6.73. The highest BCUT2D eigenvalue weighted by Gasteiger charge is 2.32. The molecule has 0 spiro atoms. The zero-order chi connectivity index (χ0) is 15.5. The van der Waals surface area contributed by atoms with E-state index in [0.29, 0.717) is 13.2 Å². The molecule has 1 saturated heterocycles. The van der Waals surface area contributed by atoms with Crippen molar-refractivity contribution in [2.24, 2.45) is 0 Å². The number of alkyl carbamates (subject to hydrolysis) is 1. The Morgan fingerprint density at radius 3 is 2.95 bits per heavy atom. The SMILES string of the molecule is CC(C)(C)OC(=O)NCCc1cncn1C1(C)CCOC1. The maximum absolute atomic E-state index is 11.6. The minimum absolute atomic E-state index is 0.0300. The van der Waals surface area contributed by atoms with Gasteiger partial charge in [0.25, 0.3) is 0 Å². The number of hydrogen-bond acceptors (Lipinski definition) is 4. The molecule has 1 aromatic rings. The summed E-state index contributed by atoms with van der Waals surface area (Å²) in [5.74, 6) is 0. The third kappa shape index (κ3) is 4.20. The van der Waals surface area contributed by atoms with Gasteiger partial charge in [-0.15, -0.1) is 0 Å². The molecular weight excluding hydrogens is 270 g/mol. The summed E-state index contributed by atoms with van der Waals surface area (Å²) in [6, 6.07) is 0. The molecule has 1 aromatic heterocycles. The Bertz CT molecular complexity index is 485. The topological polar surface area (TPSA) is 65.4 Å². The summed E-state index contributed by atoms with van der Waals surface area (Å²) in [6.07, 6.45) is 5.01. The van der Waals surface area contributed by atoms with Crippen LogP contribution < -0.4 is 5.32 Å². The summed E-state index contributed by atoms with van der Waals surface area (Å²) < 4.78 is 12.9. The lowest BCUT2D eigenvalue weighted by Crippen LogP contribution is -2.35. The van der Waals surface area contributed by atoms with Crippen molar-refractivity contribution in [3.63, 3.8) is 0 Å². The molecule has 0 aromatic carbocycles. The first kappa shape index (κ1) is 15.8. The Labute approximate surface area is 125 Å². The molecule has 0 saturated carbocycles. The van der Waals surface area contributed by atoms with Gasteiger partial charge in [-0.1, -0.05) is 0 Å². The standard InChI is InChI=1S/C15H25N3O3/c1-14(2,3)21-13(19)17-7-5-12-9-16-11-18(12)15(4)6-8-20-10-15/h9,11H,5-8,10H2,1-4H3,(H,17,19). The molecule has 0 bridgehead atoms. The van der Waals surface area contributed by atoms with Crippen LogP contribution in [-0.4, -0.2) is 41.0 Å². The minimum Gasteiger partial charge on any atom is -0.444 e. The van der Waals surface area contributed by atoms with Crippen LogP contribution in [0, 0.1) is 0 Å². The highest BCUT2D eigenvalue weighted by atomic mass is 16.6. The van der Waals surface area contributed by atoms with Gasteiger partial charge in [0.15, 0.2) is 0 Å². The van der Waals surface area contributed by atoms with E-state index in [2.05, 4.69) is 21.8 Å². The summed E-state index contributed by atoms with van der Waals surface area (Å²) in [4.78, 5) is 15.8. The smallest absolute Gasteiger partial charge is 0.407 e. The number of carbonyl (C=O) groups is 1. The van der Waals surface area contributed by atoms with Gasteiger partial charge in [-0.25, -0.2) is 9.78 Å². The van der Waals surface area contributed by atoms with Crippen LogP contribution in [0.15, 0.2) is 12.5 Å². The Balaban J connectivity index is 1.87. The average Bonchev–Trinajstić information content (AvgIpc) is 2.96. The highest BCUT2D eigenvalue weighted by molar-refractivity contribution is 5.67. The number of imidazole rings is 1. The largest absolute Gasteiger partial charge is 0.444 e. The van der Waals surface area contributed by atoms with Gasteiger partial charge in [0.05, 0.1) is 18.5 Å². The van der Waals surface area contributed by atoms with E-state index < -0.39 is 5.60 Å². The van der Waals surface area contributed by atoms with Gasteiger partial charge in [0.2, 0.25) is 0 Å². The first-order chi connectivity index (χ1) is 9.80. The summed E-state index contributed by atoms with van der Waals surface area (Å²) in [7, 11) is 0. The fourth-order valence-electron chi connectivity index (χ4n) is 2.45. The molecule has 1 atom stereocenters. The zero-order valence-electron chi connectivity index (χ0n) is 13.3. The number of aromatic nitrogens is 2. The first-order valence-corrected chi connectivity index (χ1v) is 7.36. The molecule has 6 heteroatoms. The van der Waals surface area contributed by atoms with Crippen molar-refractivity contribution in [3.8, 4) is 0 Å². The Hall–Kier alpha value is -1.56. The molecule has 1 unspecified atom stereocenters. The van der Waals surface area contributed by atoms with E-state index in [-0.39, 0.29) is 11.6 Å². The van der Waals surface area contributed by atoms with Crippen molar-refractivity contribution in [1.82, 2.24) is 14.9 Å². The van der Waals surface area contributed by atoms with Gasteiger partial charge >= 0.3 is 6.09 Å². The molecule has 2 rings (SSSR count). The fourth-order valence-corrected chi connectivity index (χ4v) is 2.45. The number of hydrogen-bond donors (Lipinski definition) is 1. The van der Waals surface area contributed by atoms with E-state index in [0.717, 1.165) is 25.1 Å². The molecule has 1 amide bonds. The molecule has 1 fully saturated rings. The van der Waals surface area contributed by atoms with Gasteiger partial charge in [0.1, 0.15) is 5.60 Å². The normalized spacial score (nSPS) is 22.3. The van der Waals surface area contributed by atoms with Crippen LogP contribution in [0.5, 0.6) is 0 Å². The number of amides is 1. The Kier molecular flexibility index (Phi) is 4.56. The Morgan fingerprint density at radius 2 is 2.33 bits per heavy atom. The van der Waals surface area contributed by atoms with Crippen LogP contribution in [0.3, 0.4) is 0 Å². The zero-order valence-corrected chi connectivity index (χ0v) is 13.3. The summed E-state index contributed by atoms with van der Waals surface area (Å²) in [5.41, 5.74) is 0.595. The van der Waals surface area contributed by atoms with E-state index >= 15 is 0 Å². The van der Waals surface area contributed by atoms with Crippen molar-refractivity contribution >= 4 is 6.09 Å². The molecule has 0 aliphatic carbocycles. The lowest BCUT2D eigenvalue weighted by Gasteiger charge is -2.26. The minimum atomic E-state index is -0.472. The molecule has 1 N–H and O–H groups in total. The average molecular weight is 295 g/mol. The van der Waals surface area contributed by atoms with E-state index in [1.54, 1.807) is 0 Å². The number of rotatable bonds is 4. The predicted octanol–water partition coefficient (Wildman–Crippen LogP) is 2.09. The van der Waals surface area contributed by atoms with Crippen LogP contribution in [0.1, 0.15) is 39.8 Å². The maximum atomic E-state index is 11.6. The third-order valence-electron chi connectivity index (χ3n) is 3.54. The van der Waals surface area contributed by atoms with E-state index in [1.165, 1.54) is 0 Å². The van der Waals surface area contributed by atoms with Gasteiger partial charge in [0, 0.05) is 31.5 Å². The molecule has 1 aliphatic rings. The van der Waals surface area contributed by atoms with Crippen LogP contribution in [0.25, 0.3) is 0 Å². The van der Waals surface area contributed by atoms with Gasteiger partial charge in [-0.05, 0) is 34.1 Å². The monoisotopic (exact) mass is 295 g/mol. The predicted molar refractivity (Wildman–Crippen MR) is 79.3 cm³/mol. The number of nitrogens with zero attached hydrogens (tertiary/aromatic N) is 2. The van der Waals surface area contributed by atoms with E-state index in [9.17, 15) is 4.79 Å². The van der Waals surface area contributed by atoms with Crippen LogP contribution in [0.2, 0.25) is 0 Å². The highest BCUT2D eigenvalue weighted by Crippen LogP contribution is 2.28. The molecule has 0 radical (unpaired) electrons. The fraction of sp³-hybridized carbons (Fsp3) is 0.733. The summed E-state index contributed by atoms with van der Waals surface area (Å²) in [5, 5.41) is 2.77. The molecule has 1 aliphatic heterocycles. The summed E-state index contributed by atoms with van der Waals surface area (Å²) >= 11 is 0. The van der Waals surface area contributed by atoms with Crippen LogP contribution in [-0.2, 0) is 21.4 Å². The molecule has 2 heterocycles. The molecule has 118 valence electrons. The Morgan fingerprint density at radius 1 is 1.57 bits per heavy atom. The quantitative estimate of drug-likeness (QED) is 0.923. The van der Waals surface area contributed by atoms with Crippen molar-refractivity contribution in [1.29, 1.82) is 0 Å². The third-order valence-corrected chi connectivity index (χ3v) is 3.54. The van der Waals surface area contributed by atoms with Crippen molar-refractivity contribution in [3.05, 3.63) is 18.2 Å². The lowest BCUT2D eigenvalue weighted by molar-refractivity contribution is 0.0528. The van der Waals surface area contributed by atoms with Gasteiger partial charge in [-0.2, -0.15) is 0 Å². The second kappa shape index (κ2) is 6.05. The van der Waals surface area contributed by atoms with E-state index in [4.69, 9.17) is 9.47 Å². The molecule has 21 heavy (non-hydrogen) atoms. The van der Waals surface area contributed by atoms with Crippen LogP contribution in [0.4, 0.5) is 4.79 Å². The van der Waals surface area contributed by atoms with Crippen LogP contribution >= 0.6 is 0 Å². The van der Waals surface area contributed by atoms with Gasteiger partial charge in [-0.3, -0.25) is 0 Å². The number of carbonyl (C=O) groups excluding carboxylic acids is 1. The second-order valence-electron chi connectivity index (χ2n) is 6.73. The molecular formula is C15H25N3O3. The van der Waals surface area contributed by atoms with Crippen molar-refractivity contribution in [2.45, 2.75) is 51.7 Å². The van der Waals surface area contributed by atoms with Crippen molar-refractivity contribution in [2.75, 3.05) is 19.8 Å². The lowest BCUT2D eigenvalue weighted by atomic mass is 10.0. The van der Waals surface area contributed by atoms with Gasteiger partial charge < -0.3 is 19.4 Å².